The third-order valence-electron chi connectivity index (χ3n) is 4.26. The maximum Gasteiger partial charge on any atom is 0.255 e. The molecule has 134 valence electrons. The Labute approximate surface area is 146 Å². The Morgan fingerprint density at radius 2 is 2.16 bits per heavy atom. The summed E-state index contributed by atoms with van der Waals surface area (Å²) in [4.78, 5) is 17.0. The summed E-state index contributed by atoms with van der Waals surface area (Å²) < 4.78 is 30.2. The second-order valence-electron chi connectivity index (χ2n) is 6.09. The fourth-order valence-electron chi connectivity index (χ4n) is 2.76. The number of sulfonamides is 1. The van der Waals surface area contributed by atoms with E-state index in [9.17, 15) is 13.2 Å². The van der Waals surface area contributed by atoms with E-state index in [1.54, 1.807) is 6.20 Å². The van der Waals surface area contributed by atoms with Crippen LogP contribution in [0.5, 0.6) is 5.75 Å². The van der Waals surface area contributed by atoms with Gasteiger partial charge in [0.1, 0.15) is 11.6 Å². The molecule has 0 radical (unpaired) electrons. The van der Waals surface area contributed by atoms with Gasteiger partial charge in [-0.25, -0.2) is 18.5 Å². The number of hydrogen-bond acceptors (Lipinski definition) is 5. The zero-order chi connectivity index (χ0) is 18.2. The molecule has 25 heavy (non-hydrogen) atoms. The van der Waals surface area contributed by atoms with Crippen LogP contribution >= 0.6 is 0 Å². The fourth-order valence-corrected chi connectivity index (χ4v) is 3.30. The number of nitrogens with two attached hydrogens (primary N) is 1. The lowest BCUT2D eigenvalue weighted by molar-refractivity contribution is 0.0925. The number of nitrogens with one attached hydrogen (secondary N) is 1. The smallest absolute Gasteiger partial charge is 0.255 e. The van der Waals surface area contributed by atoms with Gasteiger partial charge < -0.3 is 14.6 Å². The highest BCUT2D eigenvalue weighted by Gasteiger charge is 2.36. The molecule has 1 aromatic carbocycles. The lowest BCUT2D eigenvalue weighted by Crippen LogP contribution is -2.32. The number of aryl methyl sites for hydroxylation is 1. The van der Waals surface area contributed by atoms with Crippen LogP contribution in [0.3, 0.4) is 0 Å². The molecule has 0 spiro atoms. The number of benzene rings is 1. The van der Waals surface area contributed by atoms with Gasteiger partial charge in [0.2, 0.25) is 10.0 Å². The van der Waals surface area contributed by atoms with Gasteiger partial charge in [0, 0.05) is 19.4 Å². The molecule has 1 heterocycles. The number of carbonyl (C=O) groups excluding carboxylic acids is 1. The minimum Gasteiger partial charge on any atom is -0.496 e. The van der Waals surface area contributed by atoms with Gasteiger partial charge in [-0.05, 0) is 37.0 Å². The Bertz CT molecular complexity index is 903. The molecule has 2 aromatic rings. The van der Waals surface area contributed by atoms with Gasteiger partial charge in [0.25, 0.3) is 5.91 Å². The quantitative estimate of drug-likeness (QED) is 0.792. The van der Waals surface area contributed by atoms with Gasteiger partial charge in [-0.15, -0.1) is 0 Å². The molecular weight excluding hydrogens is 344 g/mol. The highest BCUT2D eigenvalue weighted by Crippen LogP contribution is 2.40. The van der Waals surface area contributed by atoms with Gasteiger partial charge in [-0.2, -0.15) is 0 Å². The number of aromatic nitrogens is 2. The molecule has 1 fully saturated rings. The second-order valence-corrected chi connectivity index (χ2v) is 7.65. The Hall–Kier alpha value is -2.39. The highest BCUT2D eigenvalue weighted by atomic mass is 32.2. The summed E-state index contributed by atoms with van der Waals surface area (Å²) in [6, 6.07) is 3.71. The van der Waals surface area contributed by atoms with E-state index in [1.807, 2.05) is 17.8 Å². The molecule has 0 unspecified atom stereocenters. The number of ether oxygens (including phenoxy) is 1. The highest BCUT2D eigenvalue weighted by molar-refractivity contribution is 7.89. The fraction of sp³-hybridized carbons (Fsp3) is 0.375. The van der Waals surface area contributed by atoms with E-state index in [2.05, 4.69) is 10.3 Å². The van der Waals surface area contributed by atoms with Crippen LogP contribution in [0.4, 0.5) is 0 Å². The first-order valence-electron chi connectivity index (χ1n) is 7.80. The summed E-state index contributed by atoms with van der Waals surface area (Å²) in [7, 11) is -0.635. The molecule has 1 amide bonds. The van der Waals surface area contributed by atoms with Gasteiger partial charge in [0.15, 0.2) is 0 Å². The number of primary sulfonamides is 1. The molecule has 3 rings (SSSR count). The maximum absolute atomic E-state index is 12.8. The topological polar surface area (TPSA) is 116 Å². The summed E-state index contributed by atoms with van der Waals surface area (Å²) in [6.07, 6.45) is 5.51. The van der Waals surface area contributed by atoms with Crippen molar-refractivity contribution in [3.05, 3.63) is 42.0 Å². The second kappa shape index (κ2) is 6.49. The summed E-state index contributed by atoms with van der Waals surface area (Å²) in [5, 5.41) is 8.11. The Balaban J connectivity index is 1.93. The van der Waals surface area contributed by atoms with Crippen molar-refractivity contribution in [2.45, 2.75) is 23.8 Å². The first-order chi connectivity index (χ1) is 11.8. The lowest BCUT2D eigenvalue weighted by atomic mass is 10.1. The summed E-state index contributed by atoms with van der Waals surface area (Å²) in [5.41, 5.74) is 0.119. The molecular formula is C16H20N4O4S. The minimum absolute atomic E-state index is 0.119. The Kier molecular flexibility index (Phi) is 4.53. The van der Waals surface area contributed by atoms with Crippen LogP contribution < -0.4 is 15.2 Å². The van der Waals surface area contributed by atoms with Gasteiger partial charge in [-0.1, -0.05) is 0 Å². The maximum atomic E-state index is 12.8. The van der Waals surface area contributed by atoms with Gasteiger partial charge in [0.05, 0.1) is 23.6 Å². The first kappa shape index (κ1) is 17.4. The minimum atomic E-state index is -3.92. The molecule has 0 bridgehead atoms. The van der Waals surface area contributed by atoms with E-state index in [1.165, 1.54) is 25.3 Å². The SMILES string of the molecule is COc1ccc(S(N)(=O)=O)cc1C(=O)N[C@H](c1nccn1C)C1CC1. The van der Waals surface area contributed by atoms with E-state index in [0.717, 1.165) is 18.7 Å². The predicted octanol–water partition coefficient (Wildman–Crippen LogP) is 0.957. The van der Waals surface area contributed by atoms with Crippen molar-refractivity contribution in [1.29, 1.82) is 0 Å². The third-order valence-corrected chi connectivity index (χ3v) is 5.17. The molecule has 1 atom stereocenters. The molecule has 1 aromatic heterocycles. The summed E-state index contributed by atoms with van der Waals surface area (Å²) >= 11 is 0. The van der Waals surface area contributed by atoms with Crippen molar-refractivity contribution in [1.82, 2.24) is 14.9 Å². The first-order valence-corrected chi connectivity index (χ1v) is 9.35. The van der Waals surface area contributed by atoms with E-state index in [0.29, 0.717) is 5.92 Å². The van der Waals surface area contributed by atoms with Crippen LogP contribution in [0.25, 0.3) is 0 Å². The lowest BCUT2D eigenvalue weighted by Gasteiger charge is -2.19. The number of carbonyl (C=O) groups is 1. The number of imidazole rings is 1. The Morgan fingerprint density at radius 3 is 2.68 bits per heavy atom. The van der Waals surface area contributed by atoms with E-state index >= 15 is 0 Å². The number of methoxy groups -OCH3 is 1. The van der Waals surface area contributed by atoms with Crippen molar-refractivity contribution in [2.75, 3.05) is 7.11 Å². The molecule has 1 saturated carbocycles. The van der Waals surface area contributed by atoms with Crippen LogP contribution in [0.2, 0.25) is 0 Å². The predicted molar refractivity (Wildman–Crippen MR) is 90.5 cm³/mol. The van der Waals surface area contributed by atoms with Crippen molar-refractivity contribution >= 4 is 15.9 Å². The van der Waals surface area contributed by atoms with Crippen LogP contribution in [0.1, 0.15) is 35.1 Å². The van der Waals surface area contributed by atoms with E-state index < -0.39 is 15.9 Å². The molecule has 9 heteroatoms. The average molecular weight is 364 g/mol. The van der Waals surface area contributed by atoms with Crippen LogP contribution in [-0.2, 0) is 17.1 Å². The number of hydrogen-bond donors (Lipinski definition) is 2. The van der Waals surface area contributed by atoms with Crippen LogP contribution in [-0.4, -0.2) is 31.0 Å². The number of nitrogens with zero attached hydrogens (tertiary/aromatic N) is 2. The van der Waals surface area contributed by atoms with Gasteiger partial charge in [-0.3, -0.25) is 4.79 Å². The number of rotatable bonds is 6. The van der Waals surface area contributed by atoms with Crippen LogP contribution in [0.15, 0.2) is 35.5 Å². The zero-order valence-corrected chi connectivity index (χ0v) is 14.8. The molecule has 8 nitrogen and oxygen atoms in total. The zero-order valence-electron chi connectivity index (χ0n) is 14.0. The summed E-state index contributed by atoms with van der Waals surface area (Å²) in [5.74, 6) is 0.927. The third kappa shape index (κ3) is 3.67. The average Bonchev–Trinajstić information content (AvgIpc) is 3.32. The van der Waals surface area contributed by atoms with Crippen molar-refractivity contribution in [2.24, 2.45) is 18.1 Å². The monoisotopic (exact) mass is 364 g/mol. The van der Waals surface area contributed by atoms with E-state index in [4.69, 9.17) is 9.88 Å². The van der Waals surface area contributed by atoms with Crippen LogP contribution in [0, 0.1) is 5.92 Å². The van der Waals surface area contributed by atoms with Crippen molar-refractivity contribution in [3.63, 3.8) is 0 Å². The normalized spacial score (nSPS) is 15.6. The van der Waals surface area contributed by atoms with E-state index in [-0.39, 0.29) is 22.3 Å². The molecule has 3 N–H and O–H groups in total. The molecule has 0 aliphatic heterocycles. The Morgan fingerprint density at radius 1 is 1.44 bits per heavy atom. The largest absolute Gasteiger partial charge is 0.496 e. The van der Waals surface area contributed by atoms with Crippen molar-refractivity contribution in [3.8, 4) is 5.75 Å². The van der Waals surface area contributed by atoms with Gasteiger partial charge >= 0.3 is 0 Å². The standard InChI is InChI=1S/C16H20N4O4S/c1-20-8-7-18-15(20)14(10-3-4-10)19-16(21)12-9-11(25(17,22)23)5-6-13(12)24-2/h5-10,14H,3-4H2,1-2H3,(H,19,21)(H2,17,22,23)/t14-/m0/s1. The molecule has 1 aliphatic rings. The molecule has 1 aliphatic carbocycles. The van der Waals surface area contributed by atoms with Crippen molar-refractivity contribution < 1.29 is 17.9 Å². The number of amides is 1. The summed E-state index contributed by atoms with van der Waals surface area (Å²) in [6.45, 7) is 0. The molecule has 0 saturated heterocycles.